The first-order valence-electron chi connectivity index (χ1n) is 6.52. The van der Waals surface area contributed by atoms with Crippen molar-refractivity contribution in [1.82, 2.24) is 0 Å². The van der Waals surface area contributed by atoms with E-state index >= 15 is 0 Å². The summed E-state index contributed by atoms with van der Waals surface area (Å²) in [6.45, 7) is 3.95. The molecule has 0 spiro atoms. The summed E-state index contributed by atoms with van der Waals surface area (Å²) in [6.07, 6.45) is 0. The van der Waals surface area contributed by atoms with Gasteiger partial charge < -0.3 is 9.47 Å². The first-order valence-corrected chi connectivity index (χ1v) is 7.32. The third kappa shape index (κ3) is 2.81. The molecule has 2 rings (SSSR count). The Bertz CT molecular complexity index is 693. The lowest BCUT2D eigenvalue weighted by molar-refractivity contribution is 0.103. The molecule has 0 heterocycles. The van der Waals surface area contributed by atoms with Crippen LogP contribution in [0.4, 0.5) is 0 Å². The number of aryl methyl sites for hydroxylation is 1. The topological polar surface area (TPSA) is 35.5 Å². The molecule has 0 aliphatic carbocycles. The summed E-state index contributed by atoms with van der Waals surface area (Å²) in [6, 6.07) is 9.20. The molecule has 0 aliphatic rings. The second-order valence-corrected chi connectivity index (χ2v) is 5.53. The molecular weight excluding hydrogens is 332 g/mol. The molecule has 0 fully saturated rings. The summed E-state index contributed by atoms with van der Waals surface area (Å²) in [7, 11) is 3.12. The highest BCUT2D eigenvalue weighted by Gasteiger charge is 2.21. The van der Waals surface area contributed by atoms with Crippen molar-refractivity contribution in [3.05, 3.63) is 57.1 Å². The Morgan fingerprint density at radius 2 is 1.71 bits per heavy atom. The molecule has 0 unspecified atom stereocenters. The average Bonchev–Trinajstić information content (AvgIpc) is 2.49. The van der Waals surface area contributed by atoms with Crippen LogP contribution < -0.4 is 9.47 Å². The SMILES string of the molecule is COc1ccc(C(=O)c2cccc(C)c2C)c(OC)c1Br. The average molecular weight is 349 g/mol. The third-order valence-electron chi connectivity index (χ3n) is 3.58. The summed E-state index contributed by atoms with van der Waals surface area (Å²) >= 11 is 3.42. The molecule has 4 heteroatoms. The van der Waals surface area contributed by atoms with E-state index in [0.717, 1.165) is 11.1 Å². The molecule has 0 saturated heterocycles. The van der Waals surface area contributed by atoms with E-state index < -0.39 is 0 Å². The largest absolute Gasteiger partial charge is 0.495 e. The smallest absolute Gasteiger partial charge is 0.197 e. The van der Waals surface area contributed by atoms with Crippen LogP contribution in [0.5, 0.6) is 11.5 Å². The molecule has 2 aromatic carbocycles. The van der Waals surface area contributed by atoms with Gasteiger partial charge in [-0.3, -0.25) is 4.79 Å². The molecule has 21 heavy (non-hydrogen) atoms. The van der Waals surface area contributed by atoms with Gasteiger partial charge in [-0.2, -0.15) is 0 Å². The first-order chi connectivity index (χ1) is 10.0. The van der Waals surface area contributed by atoms with Gasteiger partial charge in [0.1, 0.15) is 16.0 Å². The maximum atomic E-state index is 12.8. The van der Waals surface area contributed by atoms with Gasteiger partial charge in [0, 0.05) is 5.56 Å². The number of hydrogen-bond donors (Lipinski definition) is 0. The molecule has 0 atom stereocenters. The molecule has 0 saturated carbocycles. The molecule has 2 aromatic rings. The Morgan fingerprint density at radius 1 is 1.00 bits per heavy atom. The van der Waals surface area contributed by atoms with Crippen LogP contribution in [-0.4, -0.2) is 20.0 Å². The fourth-order valence-electron chi connectivity index (χ4n) is 2.22. The minimum Gasteiger partial charge on any atom is -0.495 e. The quantitative estimate of drug-likeness (QED) is 0.772. The Labute approximate surface area is 133 Å². The van der Waals surface area contributed by atoms with Crippen LogP contribution in [0.15, 0.2) is 34.8 Å². The zero-order valence-corrected chi connectivity index (χ0v) is 14.1. The number of halogens is 1. The van der Waals surface area contributed by atoms with Crippen LogP contribution in [0.1, 0.15) is 27.0 Å². The number of carbonyl (C=O) groups excluding carboxylic acids is 1. The van der Waals surface area contributed by atoms with E-state index in [-0.39, 0.29) is 5.78 Å². The lowest BCUT2D eigenvalue weighted by atomic mass is 9.95. The monoisotopic (exact) mass is 348 g/mol. The van der Waals surface area contributed by atoms with Gasteiger partial charge in [0.15, 0.2) is 5.78 Å². The summed E-state index contributed by atoms with van der Waals surface area (Å²) in [5.74, 6) is 1.06. The van der Waals surface area contributed by atoms with Gasteiger partial charge in [-0.1, -0.05) is 18.2 Å². The molecule has 0 aromatic heterocycles. The number of methoxy groups -OCH3 is 2. The van der Waals surface area contributed by atoms with Gasteiger partial charge in [0.2, 0.25) is 0 Å². The second kappa shape index (κ2) is 6.31. The zero-order valence-electron chi connectivity index (χ0n) is 12.5. The molecule has 0 aliphatic heterocycles. The number of carbonyl (C=O) groups is 1. The van der Waals surface area contributed by atoms with E-state index in [2.05, 4.69) is 15.9 Å². The van der Waals surface area contributed by atoms with Gasteiger partial charge in [-0.25, -0.2) is 0 Å². The minimum absolute atomic E-state index is 0.0589. The first kappa shape index (κ1) is 15.6. The minimum atomic E-state index is -0.0589. The molecular formula is C17H17BrO3. The highest BCUT2D eigenvalue weighted by atomic mass is 79.9. The number of ketones is 1. The van der Waals surface area contributed by atoms with E-state index in [1.165, 1.54) is 0 Å². The Balaban J connectivity index is 2.59. The van der Waals surface area contributed by atoms with Crippen molar-refractivity contribution in [2.45, 2.75) is 13.8 Å². The fraction of sp³-hybridized carbons (Fsp3) is 0.235. The van der Waals surface area contributed by atoms with E-state index in [4.69, 9.17) is 9.47 Å². The lowest BCUT2D eigenvalue weighted by Crippen LogP contribution is -2.07. The van der Waals surface area contributed by atoms with Crippen molar-refractivity contribution < 1.29 is 14.3 Å². The van der Waals surface area contributed by atoms with Crippen LogP contribution in [0.3, 0.4) is 0 Å². The molecule has 110 valence electrons. The van der Waals surface area contributed by atoms with E-state index in [0.29, 0.717) is 27.1 Å². The van der Waals surface area contributed by atoms with Crippen LogP contribution in [0.2, 0.25) is 0 Å². The summed E-state index contributed by atoms with van der Waals surface area (Å²) in [4.78, 5) is 12.8. The lowest BCUT2D eigenvalue weighted by Gasteiger charge is -2.14. The highest BCUT2D eigenvalue weighted by molar-refractivity contribution is 9.10. The van der Waals surface area contributed by atoms with Gasteiger partial charge in [0.25, 0.3) is 0 Å². The Morgan fingerprint density at radius 3 is 2.33 bits per heavy atom. The van der Waals surface area contributed by atoms with E-state index in [1.807, 2.05) is 32.0 Å². The number of benzene rings is 2. The second-order valence-electron chi connectivity index (χ2n) is 4.74. The zero-order chi connectivity index (χ0) is 15.6. The van der Waals surface area contributed by atoms with Gasteiger partial charge in [-0.05, 0) is 53.0 Å². The Kier molecular flexibility index (Phi) is 4.68. The van der Waals surface area contributed by atoms with Crippen molar-refractivity contribution in [2.24, 2.45) is 0 Å². The summed E-state index contributed by atoms with van der Waals surface area (Å²) in [5.41, 5.74) is 3.27. The third-order valence-corrected chi connectivity index (χ3v) is 4.33. The predicted octanol–water partition coefficient (Wildman–Crippen LogP) is 4.31. The maximum Gasteiger partial charge on any atom is 0.197 e. The van der Waals surface area contributed by atoms with Gasteiger partial charge in [-0.15, -0.1) is 0 Å². The van der Waals surface area contributed by atoms with Crippen LogP contribution in [0, 0.1) is 13.8 Å². The molecule has 3 nitrogen and oxygen atoms in total. The van der Waals surface area contributed by atoms with Crippen molar-refractivity contribution in [2.75, 3.05) is 14.2 Å². The van der Waals surface area contributed by atoms with E-state index in [1.54, 1.807) is 26.4 Å². The molecule has 0 N–H and O–H groups in total. The maximum absolute atomic E-state index is 12.8. The highest BCUT2D eigenvalue weighted by Crippen LogP contribution is 2.38. The van der Waals surface area contributed by atoms with Crippen LogP contribution in [0.25, 0.3) is 0 Å². The van der Waals surface area contributed by atoms with Crippen LogP contribution >= 0.6 is 15.9 Å². The van der Waals surface area contributed by atoms with Gasteiger partial charge in [0.05, 0.1) is 19.8 Å². The normalized spacial score (nSPS) is 10.3. The van der Waals surface area contributed by atoms with E-state index in [9.17, 15) is 4.79 Å². The number of rotatable bonds is 4. The van der Waals surface area contributed by atoms with Crippen molar-refractivity contribution in [3.63, 3.8) is 0 Å². The van der Waals surface area contributed by atoms with Crippen molar-refractivity contribution in [3.8, 4) is 11.5 Å². The van der Waals surface area contributed by atoms with Gasteiger partial charge >= 0.3 is 0 Å². The van der Waals surface area contributed by atoms with Crippen LogP contribution in [-0.2, 0) is 0 Å². The van der Waals surface area contributed by atoms with Crippen molar-refractivity contribution in [1.29, 1.82) is 0 Å². The molecule has 0 bridgehead atoms. The van der Waals surface area contributed by atoms with Crippen molar-refractivity contribution >= 4 is 21.7 Å². The molecule has 0 amide bonds. The number of hydrogen-bond acceptors (Lipinski definition) is 3. The fourth-order valence-corrected chi connectivity index (χ4v) is 2.89. The summed E-state index contributed by atoms with van der Waals surface area (Å²) < 4.78 is 11.3. The molecule has 0 radical (unpaired) electrons. The summed E-state index contributed by atoms with van der Waals surface area (Å²) in [5, 5.41) is 0. The Hall–Kier alpha value is -1.81. The predicted molar refractivity (Wildman–Crippen MR) is 86.6 cm³/mol. The number of ether oxygens (including phenoxy) is 2. The standard InChI is InChI=1S/C17H17BrO3/c1-10-6-5-7-12(11(10)2)16(19)13-8-9-14(20-3)15(18)17(13)21-4/h5-9H,1-4H3.